The van der Waals surface area contributed by atoms with Crippen molar-refractivity contribution in [3.63, 3.8) is 0 Å². The molecule has 5 N–H and O–H groups in total. The standard InChI is InChI=1S/C19H25N5O3S.ClHO4/c1-12(2)17-10-13(3)9-14(4)24(17)11-18(25)22-15-5-7-16(8-6-15)28(26,27)23-19(20)21;2-1(3,4)5/h5-10,12H,11H2,1-4H3,(H4-,20,21,22,23,25);(H,2,3,4,5). The summed E-state index contributed by atoms with van der Waals surface area (Å²) < 4.78 is 63.1. The number of hydrogen-bond acceptors (Lipinski definition) is 7. The first-order valence-electron chi connectivity index (χ1n) is 9.38. The van der Waals surface area contributed by atoms with Crippen LogP contribution in [0.15, 0.2) is 45.7 Å². The lowest BCUT2D eigenvalue weighted by Crippen LogP contribution is -2.68. The predicted molar refractivity (Wildman–Crippen MR) is 108 cm³/mol. The molecule has 2 aromatic rings. The fraction of sp³-hybridized carbons (Fsp3) is 0.316. The largest absolute Gasteiger partial charge is 0.369 e. The third-order valence-corrected chi connectivity index (χ3v) is 5.42. The average molecular weight is 504 g/mol. The molecule has 1 aromatic heterocycles. The summed E-state index contributed by atoms with van der Waals surface area (Å²) in [6.07, 6.45) is 0. The highest BCUT2D eigenvalue weighted by Crippen LogP contribution is 2.17. The number of sulfonamides is 1. The van der Waals surface area contributed by atoms with Crippen molar-refractivity contribution < 1.29 is 46.7 Å². The number of halogens is 1. The fourth-order valence-electron chi connectivity index (χ4n) is 2.90. The molecule has 0 atom stereocenters. The molecule has 0 saturated heterocycles. The van der Waals surface area contributed by atoms with Crippen molar-refractivity contribution in [3.05, 3.63) is 53.3 Å². The number of carbonyl (C=O) groups excluding carboxylic acids is 1. The van der Waals surface area contributed by atoms with Gasteiger partial charge >= 0.3 is 0 Å². The SMILES string of the molecule is Cc1cc(C)[n+](CC(=O)Nc2ccc(S(=O)(=O)N=C(N)N)cc2)c(C(C)C)c1.[O-][Cl+3]([O-])([O-])[O-]. The fourth-order valence-corrected chi connectivity index (χ4v) is 3.77. The number of benzene rings is 1. The number of amides is 1. The van der Waals surface area contributed by atoms with Crippen LogP contribution >= 0.6 is 0 Å². The van der Waals surface area contributed by atoms with Gasteiger partial charge in [-0.05, 0) is 36.8 Å². The van der Waals surface area contributed by atoms with Crippen molar-refractivity contribution in [2.45, 2.75) is 45.1 Å². The normalized spacial score (nSPS) is 11.4. The van der Waals surface area contributed by atoms with Gasteiger partial charge in [0.25, 0.3) is 15.9 Å². The van der Waals surface area contributed by atoms with Crippen LogP contribution in [0.5, 0.6) is 0 Å². The van der Waals surface area contributed by atoms with Crippen LogP contribution in [0.1, 0.15) is 36.7 Å². The molecular formula is C19H26ClN5O7S. The molecule has 1 amide bonds. The van der Waals surface area contributed by atoms with E-state index in [1.807, 2.05) is 24.5 Å². The van der Waals surface area contributed by atoms with Gasteiger partial charge in [-0.3, -0.25) is 4.79 Å². The zero-order valence-electron chi connectivity index (χ0n) is 18.4. The first-order chi connectivity index (χ1) is 15.0. The molecule has 0 spiro atoms. The third kappa shape index (κ3) is 10.1. The Hall–Kier alpha value is -2.81. The van der Waals surface area contributed by atoms with Crippen molar-refractivity contribution in [3.8, 4) is 0 Å². The summed E-state index contributed by atoms with van der Waals surface area (Å²) in [5, 5.41) is 2.78. The highest BCUT2D eigenvalue weighted by molar-refractivity contribution is 7.90. The molecule has 0 aliphatic heterocycles. The molecule has 0 aliphatic carbocycles. The Morgan fingerprint density at radius 2 is 1.61 bits per heavy atom. The predicted octanol–water partition coefficient (Wildman–Crippen LogP) is -3.44. The Balaban J connectivity index is 0.000000981. The lowest BCUT2D eigenvalue weighted by molar-refractivity contribution is -2.00. The van der Waals surface area contributed by atoms with Gasteiger partial charge in [0.15, 0.2) is 11.4 Å². The van der Waals surface area contributed by atoms with Gasteiger partial charge in [0.2, 0.25) is 12.5 Å². The molecular weight excluding hydrogens is 478 g/mol. The molecule has 0 radical (unpaired) electrons. The zero-order valence-corrected chi connectivity index (χ0v) is 20.0. The van der Waals surface area contributed by atoms with Gasteiger partial charge in [-0.2, -0.15) is 13.0 Å². The highest BCUT2D eigenvalue weighted by atomic mass is 35.7. The van der Waals surface area contributed by atoms with Crippen LogP contribution < -0.4 is 40.0 Å². The van der Waals surface area contributed by atoms with Crippen LogP contribution in [0.3, 0.4) is 0 Å². The van der Waals surface area contributed by atoms with E-state index in [0.717, 1.165) is 17.0 Å². The van der Waals surface area contributed by atoms with E-state index in [1.165, 1.54) is 24.3 Å². The van der Waals surface area contributed by atoms with E-state index in [1.54, 1.807) is 0 Å². The van der Waals surface area contributed by atoms with Gasteiger partial charge in [0.1, 0.15) is 0 Å². The molecule has 1 aromatic carbocycles. The van der Waals surface area contributed by atoms with E-state index in [9.17, 15) is 13.2 Å². The second-order valence-corrected chi connectivity index (χ2v) is 9.64. The van der Waals surface area contributed by atoms with Crippen molar-refractivity contribution in [1.82, 2.24) is 0 Å². The molecule has 14 heteroatoms. The summed E-state index contributed by atoms with van der Waals surface area (Å²) in [4.78, 5) is 12.5. The number of pyridine rings is 1. The minimum Gasteiger partial charge on any atom is -0.369 e. The molecule has 0 aliphatic rings. The first-order valence-corrected chi connectivity index (χ1v) is 12.1. The quantitative estimate of drug-likeness (QED) is 0.202. The van der Waals surface area contributed by atoms with E-state index >= 15 is 0 Å². The van der Waals surface area contributed by atoms with Crippen LogP contribution in [0.25, 0.3) is 0 Å². The Kier molecular flexibility index (Phi) is 9.71. The van der Waals surface area contributed by atoms with Gasteiger partial charge in [0.05, 0.1) is 4.90 Å². The smallest absolute Gasteiger partial charge is 0.290 e. The molecule has 0 unspecified atom stereocenters. The second kappa shape index (κ2) is 11.4. The van der Waals surface area contributed by atoms with Crippen LogP contribution in [0.2, 0.25) is 0 Å². The van der Waals surface area contributed by atoms with Crippen LogP contribution in [0.4, 0.5) is 5.69 Å². The third-order valence-electron chi connectivity index (χ3n) is 4.10. The number of anilines is 1. The molecule has 2 rings (SSSR count). The number of rotatable bonds is 6. The van der Waals surface area contributed by atoms with E-state index in [2.05, 4.69) is 29.6 Å². The van der Waals surface area contributed by atoms with Gasteiger partial charge in [0, 0.05) is 30.7 Å². The molecule has 0 fully saturated rings. The number of nitrogens with two attached hydrogens (primary N) is 2. The van der Waals surface area contributed by atoms with Crippen LogP contribution in [-0.2, 0) is 21.4 Å². The maximum atomic E-state index is 12.5. The van der Waals surface area contributed by atoms with Crippen molar-refractivity contribution >= 4 is 27.6 Å². The van der Waals surface area contributed by atoms with E-state index < -0.39 is 26.2 Å². The van der Waals surface area contributed by atoms with Crippen molar-refractivity contribution in [1.29, 1.82) is 0 Å². The van der Waals surface area contributed by atoms with Crippen molar-refractivity contribution in [2.75, 3.05) is 5.32 Å². The van der Waals surface area contributed by atoms with Crippen molar-refractivity contribution in [2.24, 2.45) is 15.9 Å². The van der Waals surface area contributed by atoms with E-state index in [0.29, 0.717) is 5.69 Å². The van der Waals surface area contributed by atoms with Gasteiger partial charge in [-0.1, -0.05) is 13.8 Å². The van der Waals surface area contributed by atoms with Gasteiger partial charge in [-0.25, -0.2) is 18.6 Å². The zero-order chi connectivity index (χ0) is 25.6. The summed E-state index contributed by atoms with van der Waals surface area (Å²) in [5.74, 6) is -0.478. The summed E-state index contributed by atoms with van der Waals surface area (Å²) in [6, 6.07) is 9.76. The van der Waals surface area contributed by atoms with Gasteiger partial charge in [-0.15, -0.1) is 14.6 Å². The number of guanidine groups is 1. The molecule has 182 valence electrons. The summed E-state index contributed by atoms with van der Waals surface area (Å²) in [6.45, 7) is 8.32. The lowest BCUT2D eigenvalue weighted by atomic mass is 10.1. The Morgan fingerprint density at radius 3 is 2.06 bits per heavy atom. The Bertz CT molecular complexity index is 1100. The number of nitrogens with one attached hydrogen (secondary N) is 1. The average Bonchev–Trinajstić information content (AvgIpc) is 2.61. The molecule has 33 heavy (non-hydrogen) atoms. The molecule has 1 heterocycles. The lowest BCUT2D eigenvalue weighted by Gasteiger charge is -2.17. The minimum absolute atomic E-state index is 0.0650. The topological polar surface area (TPSA) is 224 Å². The number of nitrogens with zero attached hydrogens (tertiary/aromatic N) is 2. The molecule has 0 saturated carbocycles. The summed E-state index contributed by atoms with van der Waals surface area (Å²) in [5.41, 5.74) is 14.0. The maximum Gasteiger partial charge on any atom is 0.290 e. The number of aromatic nitrogens is 1. The Morgan fingerprint density at radius 1 is 1.09 bits per heavy atom. The van der Waals surface area contributed by atoms with Crippen LogP contribution in [-0.4, -0.2) is 20.3 Å². The maximum absolute atomic E-state index is 12.5. The number of aryl methyl sites for hydroxylation is 2. The summed E-state index contributed by atoms with van der Waals surface area (Å²) in [7, 11) is -8.90. The second-order valence-electron chi connectivity index (χ2n) is 7.28. The van der Waals surface area contributed by atoms with Crippen LogP contribution in [0, 0.1) is 24.1 Å². The molecule has 0 bridgehead atoms. The number of hydrogen-bond donors (Lipinski definition) is 3. The monoisotopic (exact) mass is 503 g/mol. The summed E-state index contributed by atoms with van der Waals surface area (Å²) >= 11 is 0. The molecule has 12 nitrogen and oxygen atoms in total. The minimum atomic E-state index is -4.94. The highest BCUT2D eigenvalue weighted by Gasteiger charge is 2.21. The number of carbonyl (C=O) groups is 1. The van der Waals surface area contributed by atoms with E-state index in [4.69, 9.17) is 30.1 Å². The van der Waals surface area contributed by atoms with E-state index in [-0.39, 0.29) is 23.3 Å². The first kappa shape index (κ1) is 28.2. The van der Waals surface area contributed by atoms with Gasteiger partial charge < -0.3 is 16.8 Å². The Labute approximate surface area is 194 Å².